The summed E-state index contributed by atoms with van der Waals surface area (Å²) in [5.41, 5.74) is 0.890. The van der Waals surface area contributed by atoms with Crippen molar-refractivity contribution in [1.82, 2.24) is 4.98 Å². The summed E-state index contributed by atoms with van der Waals surface area (Å²) in [6.45, 7) is 0. The van der Waals surface area contributed by atoms with Gasteiger partial charge in [0.05, 0.1) is 0 Å². The molecule has 2 rings (SSSR count). The lowest BCUT2D eigenvalue weighted by molar-refractivity contribution is -0.136. The summed E-state index contributed by atoms with van der Waals surface area (Å²) in [4.78, 5) is 14.3. The van der Waals surface area contributed by atoms with Gasteiger partial charge < -0.3 is 9.52 Å². The molecule has 0 aliphatic carbocycles. The molecular weight excluding hydrogens is 194 g/mol. The summed E-state index contributed by atoms with van der Waals surface area (Å²) in [5.74, 6) is 0.216. The fraction of sp³-hybridized carbons (Fsp3) is 0.0909. The average molecular weight is 203 g/mol. The molecule has 0 radical (unpaired) electrons. The normalized spacial score (nSPS) is 10.1. The van der Waals surface area contributed by atoms with Gasteiger partial charge in [-0.3, -0.25) is 9.78 Å². The third kappa shape index (κ3) is 2.22. The Morgan fingerprint density at radius 2 is 2.00 bits per heavy atom. The number of carboxylic acids is 1. The van der Waals surface area contributed by atoms with Crippen LogP contribution in [0.2, 0.25) is 0 Å². The molecule has 0 aliphatic rings. The van der Waals surface area contributed by atoms with Crippen molar-refractivity contribution in [2.45, 2.75) is 6.42 Å². The van der Waals surface area contributed by atoms with E-state index in [2.05, 4.69) is 4.98 Å². The molecule has 0 saturated heterocycles. The van der Waals surface area contributed by atoms with E-state index in [1.807, 2.05) is 12.1 Å². The SMILES string of the molecule is O=C(O)Cc1ccc(-c2ccncc2)o1. The van der Waals surface area contributed by atoms with Gasteiger partial charge in [-0.05, 0) is 24.3 Å². The van der Waals surface area contributed by atoms with Crippen LogP contribution in [-0.2, 0) is 11.2 Å². The number of furan rings is 1. The summed E-state index contributed by atoms with van der Waals surface area (Å²) in [5, 5.41) is 8.58. The maximum atomic E-state index is 10.4. The predicted octanol–water partition coefficient (Wildman–Crippen LogP) is 1.97. The first-order chi connectivity index (χ1) is 7.25. The van der Waals surface area contributed by atoms with E-state index in [9.17, 15) is 4.79 Å². The molecule has 2 aromatic heterocycles. The Hall–Kier alpha value is -2.10. The minimum Gasteiger partial charge on any atom is -0.481 e. The number of nitrogens with zero attached hydrogens (tertiary/aromatic N) is 1. The summed E-state index contributed by atoms with van der Waals surface area (Å²) >= 11 is 0. The highest BCUT2D eigenvalue weighted by atomic mass is 16.4. The van der Waals surface area contributed by atoms with Crippen LogP contribution in [0.15, 0.2) is 41.1 Å². The molecule has 0 aliphatic heterocycles. The topological polar surface area (TPSA) is 63.3 Å². The van der Waals surface area contributed by atoms with E-state index in [1.54, 1.807) is 24.5 Å². The van der Waals surface area contributed by atoms with Crippen molar-refractivity contribution in [2.24, 2.45) is 0 Å². The van der Waals surface area contributed by atoms with Gasteiger partial charge in [-0.2, -0.15) is 0 Å². The minimum absolute atomic E-state index is 0.0922. The molecule has 0 fully saturated rings. The summed E-state index contributed by atoms with van der Waals surface area (Å²) in [7, 11) is 0. The second-order valence-electron chi connectivity index (χ2n) is 3.07. The van der Waals surface area contributed by atoms with E-state index >= 15 is 0 Å². The molecule has 4 nitrogen and oxygen atoms in total. The molecule has 4 heteroatoms. The van der Waals surface area contributed by atoms with Crippen LogP contribution in [0, 0.1) is 0 Å². The van der Waals surface area contributed by atoms with E-state index < -0.39 is 5.97 Å². The number of carboxylic acid groups (broad SMARTS) is 1. The Morgan fingerprint density at radius 3 is 2.67 bits per heavy atom. The Morgan fingerprint density at radius 1 is 1.27 bits per heavy atom. The smallest absolute Gasteiger partial charge is 0.311 e. The van der Waals surface area contributed by atoms with Crippen LogP contribution in [0.25, 0.3) is 11.3 Å². The monoisotopic (exact) mass is 203 g/mol. The van der Waals surface area contributed by atoms with E-state index in [-0.39, 0.29) is 6.42 Å². The van der Waals surface area contributed by atoms with Crippen molar-refractivity contribution in [3.63, 3.8) is 0 Å². The lowest BCUT2D eigenvalue weighted by Crippen LogP contribution is -1.97. The van der Waals surface area contributed by atoms with Crippen LogP contribution < -0.4 is 0 Å². The van der Waals surface area contributed by atoms with Crippen molar-refractivity contribution >= 4 is 5.97 Å². The lowest BCUT2D eigenvalue weighted by Gasteiger charge is -1.94. The number of pyridine rings is 1. The second kappa shape index (κ2) is 3.96. The number of aromatic nitrogens is 1. The average Bonchev–Trinajstić information content (AvgIpc) is 2.67. The number of hydrogen-bond donors (Lipinski definition) is 1. The van der Waals surface area contributed by atoms with E-state index in [0.29, 0.717) is 11.5 Å². The molecule has 0 bridgehead atoms. The van der Waals surface area contributed by atoms with Crippen molar-refractivity contribution in [3.05, 3.63) is 42.4 Å². The molecule has 0 amide bonds. The van der Waals surface area contributed by atoms with Crippen LogP contribution >= 0.6 is 0 Å². The van der Waals surface area contributed by atoms with Gasteiger partial charge in [-0.15, -0.1) is 0 Å². The fourth-order valence-electron chi connectivity index (χ4n) is 1.29. The zero-order valence-electron chi connectivity index (χ0n) is 7.88. The van der Waals surface area contributed by atoms with Gasteiger partial charge in [0.25, 0.3) is 0 Å². The standard InChI is InChI=1S/C11H9NO3/c13-11(14)7-9-1-2-10(15-9)8-3-5-12-6-4-8/h1-6H,7H2,(H,13,14). The quantitative estimate of drug-likeness (QED) is 0.828. The Kier molecular flexibility index (Phi) is 2.49. The second-order valence-corrected chi connectivity index (χ2v) is 3.07. The van der Waals surface area contributed by atoms with Gasteiger partial charge in [0.1, 0.15) is 17.9 Å². The molecule has 0 unspecified atom stereocenters. The minimum atomic E-state index is -0.898. The van der Waals surface area contributed by atoms with E-state index in [0.717, 1.165) is 5.56 Å². The zero-order valence-corrected chi connectivity index (χ0v) is 7.88. The first kappa shape index (κ1) is 9.45. The maximum absolute atomic E-state index is 10.4. The van der Waals surface area contributed by atoms with Gasteiger partial charge in [0.2, 0.25) is 0 Å². The van der Waals surface area contributed by atoms with Gasteiger partial charge in [0, 0.05) is 18.0 Å². The van der Waals surface area contributed by atoms with E-state index in [1.165, 1.54) is 0 Å². The van der Waals surface area contributed by atoms with Crippen LogP contribution in [0.3, 0.4) is 0 Å². The number of carbonyl (C=O) groups is 1. The molecule has 0 saturated carbocycles. The molecular formula is C11H9NO3. The van der Waals surface area contributed by atoms with Crippen LogP contribution in [0.1, 0.15) is 5.76 Å². The van der Waals surface area contributed by atoms with Crippen LogP contribution in [0.5, 0.6) is 0 Å². The molecule has 2 aromatic rings. The van der Waals surface area contributed by atoms with Gasteiger partial charge in [-0.25, -0.2) is 0 Å². The Labute approximate surface area is 86.2 Å². The summed E-state index contributed by atoms with van der Waals surface area (Å²) in [6.07, 6.45) is 3.23. The van der Waals surface area contributed by atoms with Gasteiger partial charge >= 0.3 is 5.97 Å². The molecule has 0 spiro atoms. The highest BCUT2D eigenvalue weighted by Crippen LogP contribution is 2.21. The molecule has 1 N–H and O–H groups in total. The van der Waals surface area contributed by atoms with Crippen molar-refractivity contribution in [1.29, 1.82) is 0 Å². The molecule has 0 atom stereocenters. The summed E-state index contributed by atoms with van der Waals surface area (Å²) < 4.78 is 5.37. The predicted molar refractivity (Wildman–Crippen MR) is 53.3 cm³/mol. The Balaban J connectivity index is 2.24. The third-order valence-corrected chi connectivity index (χ3v) is 1.95. The Bertz CT molecular complexity index is 462. The molecule has 2 heterocycles. The first-order valence-corrected chi connectivity index (χ1v) is 4.46. The number of aliphatic carboxylic acids is 1. The molecule has 15 heavy (non-hydrogen) atoms. The highest BCUT2D eigenvalue weighted by molar-refractivity contribution is 5.69. The third-order valence-electron chi connectivity index (χ3n) is 1.95. The molecule has 76 valence electrons. The van der Waals surface area contributed by atoms with Crippen molar-refractivity contribution in [2.75, 3.05) is 0 Å². The fourth-order valence-corrected chi connectivity index (χ4v) is 1.29. The summed E-state index contributed by atoms with van der Waals surface area (Å²) in [6, 6.07) is 7.05. The highest BCUT2D eigenvalue weighted by Gasteiger charge is 2.07. The molecule has 0 aromatic carbocycles. The maximum Gasteiger partial charge on any atom is 0.311 e. The number of rotatable bonds is 3. The first-order valence-electron chi connectivity index (χ1n) is 4.46. The van der Waals surface area contributed by atoms with Crippen LogP contribution in [-0.4, -0.2) is 16.1 Å². The zero-order chi connectivity index (χ0) is 10.7. The van der Waals surface area contributed by atoms with Crippen molar-refractivity contribution in [3.8, 4) is 11.3 Å². The van der Waals surface area contributed by atoms with Gasteiger partial charge in [-0.1, -0.05) is 0 Å². The van der Waals surface area contributed by atoms with E-state index in [4.69, 9.17) is 9.52 Å². The number of hydrogen-bond acceptors (Lipinski definition) is 3. The van der Waals surface area contributed by atoms with Crippen molar-refractivity contribution < 1.29 is 14.3 Å². The van der Waals surface area contributed by atoms with Gasteiger partial charge in [0.15, 0.2) is 0 Å². The lowest BCUT2D eigenvalue weighted by atomic mass is 10.2. The largest absolute Gasteiger partial charge is 0.481 e. The van der Waals surface area contributed by atoms with Crippen LogP contribution in [0.4, 0.5) is 0 Å².